The van der Waals surface area contributed by atoms with Crippen molar-refractivity contribution in [3.05, 3.63) is 63.7 Å². The maximum atomic E-state index is 13.8. The van der Waals surface area contributed by atoms with Crippen LogP contribution in [0.3, 0.4) is 0 Å². The molecule has 23 heavy (non-hydrogen) atoms. The van der Waals surface area contributed by atoms with Crippen molar-refractivity contribution < 1.29 is 13.6 Å². The minimum atomic E-state index is -0.566. The number of aromatic nitrogens is 2. The van der Waals surface area contributed by atoms with Crippen LogP contribution >= 0.6 is 0 Å². The SMILES string of the molecule is Cc1oc2nc[nH]c(=O)c2c1C(=O)N[C@@H](C)c1ccccc1F. The van der Waals surface area contributed by atoms with Crippen LogP contribution in [-0.4, -0.2) is 15.9 Å². The summed E-state index contributed by atoms with van der Waals surface area (Å²) in [6.07, 6.45) is 1.21. The van der Waals surface area contributed by atoms with Gasteiger partial charge in [0.15, 0.2) is 0 Å². The first kappa shape index (κ1) is 15.0. The van der Waals surface area contributed by atoms with Crippen LogP contribution in [0.15, 0.2) is 39.8 Å². The maximum absolute atomic E-state index is 13.8. The zero-order valence-corrected chi connectivity index (χ0v) is 12.5. The topological polar surface area (TPSA) is 88.0 Å². The zero-order chi connectivity index (χ0) is 16.6. The van der Waals surface area contributed by atoms with Crippen molar-refractivity contribution in [2.75, 3.05) is 0 Å². The van der Waals surface area contributed by atoms with E-state index in [1.165, 1.54) is 12.4 Å². The lowest BCUT2D eigenvalue weighted by molar-refractivity contribution is 0.0939. The number of halogens is 1. The number of aromatic amines is 1. The number of nitrogens with zero attached hydrogens (tertiary/aromatic N) is 1. The van der Waals surface area contributed by atoms with Crippen LogP contribution in [0.5, 0.6) is 0 Å². The van der Waals surface area contributed by atoms with Gasteiger partial charge < -0.3 is 14.7 Å². The molecule has 1 aromatic carbocycles. The minimum absolute atomic E-state index is 0.0863. The van der Waals surface area contributed by atoms with E-state index < -0.39 is 23.3 Å². The average Bonchev–Trinajstić information content (AvgIpc) is 2.85. The van der Waals surface area contributed by atoms with E-state index in [1.54, 1.807) is 32.0 Å². The van der Waals surface area contributed by atoms with Crippen LogP contribution in [0, 0.1) is 12.7 Å². The predicted octanol–water partition coefficient (Wildman–Crippen LogP) is 2.45. The Labute approximate surface area is 130 Å². The number of benzene rings is 1. The molecule has 0 aliphatic heterocycles. The molecule has 0 saturated heterocycles. The molecule has 118 valence electrons. The van der Waals surface area contributed by atoms with Gasteiger partial charge in [-0.3, -0.25) is 9.59 Å². The van der Waals surface area contributed by atoms with E-state index in [1.807, 2.05) is 0 Å². The van der Waals surface area contributed by atoms with E-state index in [-0.39, 0.29) is 22.4 Å². The first-order valence-electron chi connectivity index (χ1n) is 7.01. The van der Waals surface area contributed by atoms with Gasteiger partial charge in [0.25, 0.3) is 11.5 Å². The van der Waals surface area contributed by atoms with Gasteiger partial charge in [-0.15, -0.1) is 0 Å². The van der Waals surface area contributed by atoms with Gasteiger partial charge in [0.1, 0.15) is 17.0 Å². The molecule has 0 aliphatic rings. The number of hydrogen-bond acceptors (Lipinski definition) is 4. The molecule has 2 heterocycles. The molecule has 3 aromatic rings. The third-order valence-corrected chi connectivity index (χ3v) is 3.62. The second kappa shape index (κ2) is 5.68. The largest absolute Gasteiger partial charge is 0.442 e. The Morgan fingerprint density at radius 1 is 1.39 bits per heavy atom. The number of fused-ring (bicyclic) bond motifs is 1. The van der Waals surface area contributed by atoms with Crippen LogP contribution in [0.1, 0.15) is 34.6 Å². The van der Waals surface area contributed by atoms with Crippen molar-refractivity contribution in [1.29, 1.82) is 0 Å². The Kier molecular flexibility index (Phi) is 3.69. The summed E-state index contributed by atoms with van der Waals surface area (Å²) in [6, 6.07) is 5.62. The van der Waals surface area contributed by atoms with E-state index in [9.17, 15) is 14.0 Å². The van der Waals surface area contributed by atoms with Crippen molar-refractivity contribution in [2.45, 2.75) is 19.9 Å². The summed E-state index contributed by atoms with van der Waals surface area (Å²) in [5.74, 6) is -0.647. The zero-order valence-electron chi connectivity index (χ0n) is 12.5. The van der Waals surface area contributed by atoms with E-state index in [2.05, 4.69) is 15.3 Å². The number of nitrogens with one attached hydrogen (secondary N) is 2. The average molecular weight is 315 g/mol. The fraction of sp³-hybridized carbons (Fsp3) is 0.188. The fourth-order valence-corrected chi connectivity index (χ4v) is 2.50. The highest BCUT2D eigenvalue weighted by molar-refractivity contribution is 6.06. The number of rotatable bonds is 3. The number of H-pyrrole nitrogens is 1. The highest BCUT2D eigenvalue weighted by atomic mass is 19.1. The van der Waals surface area contributed by atoms with Gasteiger partial charge in [0, 0.05) is 5.56 Å². The van der Waals surface area contributed by atoms with Crippen LogP contribution in [0.2, 0.25) is 0 Å². The number of hydrogen-bond donors (Lipinski definition) is 2. The highest BCUT2D eigenvalue weighted by Crippen LogP contribution is 2.22. The third-order valence-electron chi connectivity index (χ3n) is 3.62. The molecule has 0 fully saturated rings. The molecule has 0 radical (unpaired) electrons. The Balaban J connectivity index is 1.97. The summed E-state index contributed by atoms with van der Waals surface area (Å²) in [5.41, 5.74) is 0.0985. The maximum Gasteiger partial charge on any atom is 0.262 e. The Bertz CT molecular complexity index is 945. The summed E-state index contributed by atoms with van der Waals surface area (Å²) in [4.78, 5) is 30.8. The molecular formula is C16H14FN3O3. The predicted molar refractivity (Wildman–Crippen MR) is 81.6 cm³/mol. The molecule has 0 spiro atoms. The van der Waals surface area contributed by atoms with Gasteiger partial charge in [0.2, 0.25) is 5.71 Å². The van der Waals surface area contributed by atoms with Crippen molar-refractivity contribution in [1.82, 2.24) is 15.3 Å². The summed E-state index contributed by atoms with van der Waals surface area (Å²) < 4.78 is 19.1. The Morgan fingerprint density at radius 3 is 2.87 bits per heavy atom. The smallest absolute Gasteiger partial charge is 0.262 e. The molecule has 0 saturated carbocycles. The second-order valence-corrected chi connectivity index (χ2v) is 5.16. The van der Waals surface area contributed by atoms with Gasteiger partial charge in [-0.2, -0.15) is 0 Å². The van der Waals surface area contributed by atoms with Crippen molar-refractivity contribution >= 4 is 17.0 Å². The lowest BCUT2D eigenvalue weighted by Crippen LogP contribution is -2.28. The van der Waals surface area contributed by atoms with Gasteiger partial charge >= 0.3 is 0 Å². The van der Waals surface area contributed by atoms with E-state index >= 15 is 0 Å². The molecule has 0 unspecified atom stereocenters. The second-order valence-electron chi connectivity index (χ2n) is 5.16. The van der Waals surface area contributed by atoms with Gasteiger partial charge in [-0.1, -0.05) is 18.2 Å². The summed E-state index contributed by atoms with van der Waals surface area (Å²) in [5, 5.41) is 2.77. The minimum Gasteiger partial charge on any atom is -0.442 e. The molecule has 1 amide bonds. The Hall–Kier alpha value is -2.96. The summed E-state index contributed by atoms with van der Waals surface area (Å²) in [6.45, 7) is 3.24. The molecule has 7 heteroatoms. The normalized spacial score (nSPS) is 12.3. The van der Waals surface area contributed by atoms with Crippen LogP contribution < -0.4 is 10.9 Å². The molecule has 0 bridgehead atoms. The number of carbonyl (C=O) groups is 1. The van der Waals surface area contributed by atoms with Crippen molar-refractivity contribution in [2.24, 2.45) is 0 Å². The number of carbonyl (C=O) groups excluding carboxylic acids is 1. The molecule has 2 aromatic heterocycles. The number of furan rings is 1. The first-order chi connectivity index (χ1) is 11.0. The monoisotopic (exact) mass is 315 g/mol. The van der Waals surface area contributed by atoms with Gasteiger partial charge in [-0.25, -0.2) is 9.37 Å². The number of aryl methyl sites for hydroxylation is 1. The van der Waals surface area contributed by atoms with E-state index in [0.29, 0.717) is 5.56 Å². The van der Waals surface area contributed by atoms with Gasteiger partial charge in [0.05, 0.1) is 17.9 Å². The Morgan fingerprint density at radius 2 is 2.13 bits per heavy atom. The summed E-state index contributed by atoms with van der Waals surface area (Å²) in [7, 11) is 0. The molecule has 6 nitrogen and oxygen atoms in total. The van der Waals surface area contributed by atoms with E-state index in [4.69, 9.17) is 4.42 Å². The molecular weight excluding hydrogens is 301 g/mol. The first-order valence-corrected chi connectivity index (χ1v) is 7.01. The lowest BCUT2D eigenvalue weighted by atomic mass is 10.1. The van der Waals surface area contributed by atoms with E-state index in [0.717, 1.165) is 0 Å². The van der Waals surface area contributed by atoms with Crippen LogP contribution in [0.4, 0.5) is 4.39 Å². The van der Waals surface area contributed by atoms with Crippen molar-refractivity contribution in [3.8, 4) is 0 Å². The number of amides is 1. The molecule has 2 N–H and O–H groups in total. The fourth-order valence-electron chi connectivity index (χ4n) is 2.50. The van der Waals surface area contributed by atoms with Crippen LogP contribution in [-0.2, 0) is 0 Å². The quantitative estimate of drug-likeness (QED) is 0.777. The molecule has 1 atom stereocenters. The molecule has 3 rings (SSSR count). The lowest BCUT2D eigenvalue weighted by Gasteiger charge is -2.14. The van der Waals surface area contributed by atoms with Crippen LogP contribution in [0.25, 0.3) is 11.1 Å². The highest BCUT2D eigenvalue weighted by Gasteiger charge is 2.23. The standard InChI is InChI=1S/C16H14FN3O3/c1-8(10-5-3-4-6-11(10)17)20-15(22)12-9(2)23-16-13(12)14(21)18-7-19-16/h3-8H,1-2H3,(H,20,22)(H,18,19,21)/t8-/m0/s1. The summed E-state index contributed by atoms with van der Waals surface area (Å²) >= 11 is 0. The van der Waals surface area contributed by atoms with Crippen molar-refractivity contribution in [3.63, 3.8) is 0 Å². The van der Waals surface area contributed by atoms with Gasteiger partial charge in [-0.05, 0) is 19.9 Å². The molecule has 0 aliphatic carbocycles. The third kappa shape index (κ3) is 2.61.